The van der Waals surface area contributed by atoms with Crippen molar-refractivity contribution in [3.8, 4) is 0 Å². The van der Waals surface area contributed by atoms with Crippen molar-refractivity contribution < 1.29 is 5.11 Å². The van der Waals surface area contributed by atoms with Gasteiger partial charge in [0.15, 0.2) is 17.0 Å². The predicted octanol–water partition coefficient (Wildman–Crippen LogP) is 2.18. The lowest BCUT2D eigenvalue weighted by atomic mass is 10.1. The Kier molecular flexibility index (Phi) is 4.29. The van der Waals surface area contributed by atoms with E-state index in [0.29, 0.717) is 29.5 Å². The molecule has 2 heterocycles. The molecule has 0 aliphatic carbocycles. The molecule has 0 saturated carbocycles. The second-order valence-electron chi connectivity index (χ2n) is 5.20. The number of aromatic nitrogens is 4. The smallest absolute Gasteiger partial charge is 0.226 e. The van der Waals surface area contributed by atoms with Gasteiger partial charge in [-0.1, -0.05) is 6.07 Å². The van der Waals surface area contributed by atoms with Crippen molar-refractivity contribution >= 4 is 28.6 Å². The molecule has 23 heavy (non-hydrogen) atoms. The molecule has 0 saturated heterocycles. The number of aryl methyl sites for hydroxylation is 2. The van der Waals surface area contributed by atoms with E-state index < -0.39 is 0 Å². The van der Waals surface area contributed by atoms with Crippen LogP contribution in [0.5, 0.6) is 0 Å². The van der Waals surface area contributed by atoms with E-state index in [-0.39, 0.29) is 6.61 Å². The molecule has 1 aromatic carbocycles. The molecule has 0 amide bonds. The van der Waals surface area contributed by atoms with Crippen molar-refractivity contribution in [3.05, 3.63) is 41.7 Å². The van der Waals surface area contributed by atoms with Crippen LogP contribution in [0.2, 0.25) is 0 Å². The Morgan fingerprint density at radius 3 is 2.65 bits per heavy atom. The number of aliphatic hydroxyl groups is 1. The van der Waals surface area contributed by atoms with Crippen LogP contribution >= 0.6 is 0 Å². The van der Waals surface area contributed by atoms with Gasteiger partial charge < -0.3 is 15.7 Å². The predicted molar refractivity (Wildman–Crippen MR) is 89.9 cm³/mol. The molecular weight excluding hydrogens is 292 g/mol. The summed E-state index contributed by atoms with van der Waals surface area (Å²) in [5, 5.41) is 15.2. The number of benzene rings is 1. The van der Waals surface area contributed by atoms with Gasteiger partial charge >= 0.3 is 0 Å². The van der Waals surface area contributed by atoms with Crippen molar-refractivity contribution in [3.63, 3.8) is 0 Å². The van der Waals surface area contributed by atoms with Crippen molar-refractivity contribution in [1.29, 1.82) is 0 Å². The summed E-state index contributed by atoms with van der Waals surface area (Å²) in [6, 6.07) is 6.10. The number of nitrogens with one attached hydrogen (secondary N) is 2. The van der Waals surface area contributed by atoms with E-state index in [1.807, 2.05) is 6.07 Å². The molecule has 0 aliphatic rings. The van der Waals surface area contributed by atoms with Gasteiger partial charge in [0, 0.05) is 24.6 Å². The Hall–Kier alpha value is -2.80. The summed E-state index contributed by atoms with van der Waals surface area (Å²) < 4.78 is 0. The molecule has 0 unspecified atom stereocenters. The minimum absolute atomic E-state index is 0.00177. The van der Waals surface area contributed by atoms with Gasteiger partial charge in [0.05, 0.1) is 6.61 Å². The lowest BCUT2D eigenvalue weighted by molar-refractivity contribution is 0.311. The number of rotatable bonds is 5. The molecule has 3 N–H and O–H groups in total. The van der Waals surface area contributed by atoms with E-state index in [2.05, 4.69) is 56.5 Å². The summed E-state index contributed by atoms with van der Waals surface area (Å²) in [5.74, 6) is 0.977. The number of anilines is 3. The second kappa shape index (κ2) is 6.53. The van der Waals surface area contributed by atoms with Gasteiger partial charge in [-0.05, 0) is 37.1 Å². The molecular formula is C16H18N6O. The molecule has 7 nitrogen and oxygen atoms in total. The highest BCUT2D eigenvalue weighted by molar-refractivity contribution is 5.85. The van der Waals surface area contributed by atoms with E-state index in [0.717, 1.165) is 5.69 Å². The van der Waals surface area contributed by atoms with Crippen LogP contribution < -0.4 is 10.6 Å². The van der Waals surface area contributed by atoms with Crippen LogP contribution in [0.4, 0.5) is 17.5 Å². The number of fused-ring (bicyclic) bond motifs is 1. The Balaban J connectivity index is 2.01. The third-order valence-corrected chi connectivity index (χ3v) is 3.50. The number of hydrogen-bond donors (Lipinski definition) is 3. The lowest BCUT2D eigenvalue weighted by Crippen LogP contribution is -2.10. The third kappa shape index (κ3) is 3.35. The highest BCUT2D eigenvalue weighted by Crippen LogP contribution is 2.23. The van der Waals surface area contributed by atoms with Gasteiger partial charge in [-0.25, -0.2) is 9.97 Å². The minimum Gasteiger partial charge on any atom is -0.395 e. The van der Waals surface area contributed by atoms with Gasteiger partial charge in [0.1, 0.15) is 0 Å². The number of aliphatic hydroxyl groups excluding tert-OH is 1. The molecule has 3 aromatic rings. The maximum Gasteiger partial charge on any atom is 0.226 e. The van der Waals surface area contributed by atoms with E-state index >= 15 is 0 Å². The topological polar surface area (TPSA) is 95.9 Å². The first-order chi connectivity index (χ1) is 11.2. The Morgan fingerprint density at radius 2 is 1.87 bits per heavy atom. The molecule has 118 valence electrons. The SMILES string of the molecule is Cc1ccc(Nc2nc(NCCO)nc3nccnc23)cc1C. The summed E-state index contributed by atoms with van der Waals surface area (Å²) in [4.78, 5) is 17.3. The zero-order valence-electron chi connectivity index (χ0n) is 13.0. The minimum atomic E-state index is 0.00177. The van der Waals surface area contributed by atoms with E-state index in [1.54, 1.807) is 12.4 Å². The van der Waals surface area contributed by atoms with Crippen molar-refractivity contribution in [2.75, 3.05) is 23.8 Å². The number of hydrogen-bond acceptors (Lipinski definition) is 7. The maximum atomic E-state index is 8.94. The van der Waals surface area contributed by atoms with Crippen LogP contribution in [0.3, 0.4) is 0 Å². The zero-order valence-corrected chi connectivity index (χ0v) is 13.0. The van der Waals surface area contributed by atoms with Gasteiger partial charge in [-0.3, -0.25) is 0 Å². The quantitative estimate of drug-likeness (QED) is 0.664. The van der Waals surface area contributed by atoms with Crippen molar-refractivity contribution in [2.24, 2.45) is 0 Å². The van der Waals surface area contributed by atoms with Crippen LogP contribution in [0.25, 0.3) is 11.2 Å². The molecule has 2 aromatic heterocycles. The molecule has 7 heteroatoms. The van der Waals surface area contributed by atoms with E-state index in [1.165, 1.54) is 11.1 Å². The summed E-state index contributed by atoms with van der Waals surface area (Å²) >= 11 is 0. The van der Waals surface area contributed by atoms with E-state index in [4.69, 9.17) is 5.11 Å². The molecule has 0 fully saturated rings. The largest absolute Gasteiger partial charge is 0.395 e. The molecule has 3 rings (SSSR count). The third-order valence-electron chi connectivity index (χ3n) is 3.50. The Bertz CT molecular complexity index is 836. The summed E-state index contributed by atoms with van der Waals surface area (Å²) in [7, 11) is 0. The van der Waals surface area contributed by atoms with Crippen LogP contribution in [0.1, 0.15) is 11.1 Å². The first-order valence-corrected chi connectivity index (χ1v) is 7.35. The summed E-state index contributed by atoms with van der Waals surface area (Å²) in [5.41, 5.74) is 4.44. The fourth-order valence-electron chi connectivity index (χ4n) is 2.15. The van der Waals surface area contributed by atoms with Crippen LogP contribution in [0, 0.1) is 13.8 Å². The average molecular weight is 310 g/mol. The van der Waals surface area contributed by atoms with Gasteiger partial charge in [-0.2, -0.15) is 9.97 Å². The molecule has 0 spiro atoms. The van der Waals surface area contributed by atoms with Gasteiger partial charge in [0.25, 0.3) is 0 Å². The lowest BCUT2D eigenvalue weighted by Gasteiger charge is -2.11. The number of nitrogens with zero attached hydrogens (tertiary/aromatic N) is 4. The van der Waals surface area contributed by atoms with Crippen LogP contribution in [-0.4, -0.2) is 38.2 Å². The fraction of sp³-hybridized carbons (Fsp3) is 0.250. The Morgan fingerprint density at radius 1 is 1.04 bits per heavy atom. The Labute approximate surface area is 133 Å². The maximum absolute atomic E-state index is 8.94. The summed E-state index contributed by atoms with van der Waals surface area (Å²) in [6.07, 6.45) is 3.20. The van der Waals surface area contributed by atoms with Gasteiger partial charge in [0.2, 0.25) is 5.95 Å². The van der Waals surface area contributed by atoms with Crippen LogP contribution in [-0.2, 0) is 0 Å². The molecule has 0 atom stereocenters. The van der Waals surface area contributed by atoms with Crippen LogP contribution in [0.15, 0.2) is 30.6 Å². The first-order valence-electron chi connectivity index (χ1n) is 7.35. The summed E-state index contributed by atoms with van der Waals surface area (Å²) in [6.45, 7) is 4.50. The molecule has 0 bridgehead atoms. The highest BCUT2D eigenvalue weighted by Gasteiger charge is 2.10. The average Bonchev–Trinajstić information content (AvgIpc) is 2.56. The van der Waals surface area contributed by atoms with Crippen molar-refractivity contribution in [2.45, 2.75) is 13.8 Å². The standard InChI is InChI=1S/C16H18N6O/c1-10-3-4-12(9-11(10)2)20-15-13-14(18-6-5-17-13)21-16(22-15)19-7-8-23/h3-6,9,23H,7-8H2,1-2H3,(H2,18,19,20,21,22). The fourth-order valence-corrected chi connectivity index (χ4v) is 2.15. The molecule has 0 aliphatic heterocycles. The monoisotopic (exact) mass is 310 g/mol. The van der Waals surface area contributed by atoms with Crippen molar-refractivity contribution in [1.82, 2.24) is 19.9 Å². The molecule has 0 radical (unpaired) electrons. The highest BCUT2D eigenvalue weighted by atomic mass is 16.3. The zero-order chi connectivity index (χ0) is 16.2. The first kappa shape index (κ1) is 15.1. The van der Waals surface area contributed by atoms with E-state index in [9.17, 15) is 0 Å². The normalized spacial score (nSPS) is 10.7. The van der Waals surface area contributed by atoms with Gasteiger partial charge in [-0.15, -0.1) is 0 Å². The second-order valence-corrected chi connectivity index (χ2v) is 5.20.